The summed E-state index contributed by atoms with van der Waals surface area (Å²) in [6, 6.07) is -1.25. The van der Waals surface area contributed by atoms with Crippen LogP contribution < -0.4 is 16.8 Å². The molecule has 0 bridgehead atoms. The number of primary amides is 1. The minimum Gasteiger partial charge on any atom is -0.368 e. The van der Waals surface area contributed by atoms with Crippen molar-refractivity contribution in [2.24, 2.45) is 17.4 Å². The van der Waals surface area contributed by atoms with Crippen LogP contribution in [0.4, 0.5) is 0 Å². The van der Waals surface area contributed by atoms with Crippen LogP contribution in [0.1, 0.15) is 27.2 Å². The van der Waals surface area contributed by atoms with E-state index >= 15 is 0 Å². The third-order valence-electron chi connectivity index (χ3n) is 2.35. The highest BCUT2D eigenvalue weighted by Gasteiger charge is 2.21. The molecule has 0 unspecified atom stereocenters. The zero-order valence-corrected chi connectivity index (χ0v) is 8.91. The van der Waals surface area contributed by atoms with Crippen molar-refractivity contribution in [3.63, 3.8) is 0 Å². The molecule has 0 aromatic rings. The van der Waals surface area contributed by atoms with Gasteiger partial charge in [0.15, 0.2) is 0 Å². The van der Waals surface area contributed by atoms with Gasteiger partial charge < -0.3 is 16.8 Å². The lowest BCUT2D eigenvalue weighted by Crippen LogP contribution is -2.51. The molecule has 0 saturated heterocycles. The van der Waals surface area contributed by atoms with Gasteiger partial charge in [-0.1, -0.05) is 20.3 Å². The van der Waals surface area contributed by atoms with Gasteiger partial charge in [0, 0.05) is 0 Å². The number of rotatable bonds is 5. The lowest BCUT2D eigenvalue weighted by atomic mass is 9.99. The third-order valence-corrected chi connectivity index (χ3v) is 2.35. The summed E-state index contributed by atoms with van der Waals surface area (Å²) in [6.45, 7) is 5.37. The van der Waals surface area contributed by atoms with Crippen molar-refractivity contribution in [2.45, 2.75) is 39.3 Å². The first-order valence-corrected chi connectivity index (χ1v) is 4.75. The van der Waals surface area contributed by atoms with Crippen molar-refractivity contribution in [3.8, 4) is 0 Å². The van der Waals surface area contributed by atoms with Crippen LogP contribution in [0, 0.1) is 5.92 Å². The maximum absolute atomic E-state index is 11.4. The van der Waals surface area contributed by atoms with Crippen LogP contribution in [-0.2, 0) is 9.59 Å². The maximum Gasteiger partial charge on any atom is 0.239 e. The fourth-order valence-electron chi connectivity index (χ4n) is 0.893. The summed E-state index contributed by atoms with van der Waals surface area (Å²) in [5, 5.41) is 2.46. The van der Waals surface area contributed by atoms with E-state index in [2.05, 4.69) is 5.32 Å². The second-order valence-corrected chi connectivity index (χ2v) is 3.54. The number of nitrogens with two attached hydrogens (primary N) is 2. The number of hydrogen-bond donors (Lipinski definition) is 3. The molecule has 0 saturated carbocycles. The summed E-state index contributed by atoms with van der Waals surface area (Å²) in [7, 11) is 0. The zero-order valence-electron chi connectivity index (χ0n) is 8.91. The van der Waals surface area contributed by atoms with E-state index in [1.54, 1.807) is 0 Å². The van der Waals surface area contributed by atoms with Crippen LogP contribution in [0.15, 0.2) is 0 Å². The van der Waals surface area contributed by atoms with E-state index in [-0.39, 0.29) is 11.8 Å². The van der Waals surface area contributed by atoms with Crippen molar-refractivity contribution in [2.75, 3.05) is 0 Å². The lowest BCUT2D eigenvalue weighted by Gasteiger charge is -2.19. The van der Waals surface area contributed by atoms with E-state index < -0.39 is 18.0 Å². The summed E-state index contributed by atoms with van der Waals surface area (Å²) in [4.78, 5) is 22.1. The van der Waals surface area contributed by atoms with Crippen molar-refractivity contribution in [1.82, 2.24) is 5.32 Å². The Morgan fingerprint density at radius 2 is 1.86 bits per heavy atom. The molecule has 0 aliphatic heterocycles. The Kier molecular flexibility index (Phi) is 5.15. The average Bonchev–Trinajstić information content (AvgIpc) is 2.14. The Morgan fingerprint density at radius 3 is 2.21 bits per heavy atom. The quantitative estimate of drug-likeness (QED) is 0.551. The minimum atomic E-state index is -0.669. The van der Waals surface area contributed by atoms with Gasteiger partial charge in [0.05, 0.1) is 6.04 Å². The van der Waals surface area contributed by atoms with Gasteiger partial charge in [0.1, 0.15) is 6.04 Å². The minimum absolute atomic E-state index is 0.0927. The van der Waals surface area contributed by atoms with Gasteiger partial charge in [-0.25, -0.2) is 0 Å². The van der Waals surface area contributed by atoms with Crippen molar-refractivity contribution in [1.29, 1.82) is 0 Å². The van der Waals surface area contributed by atoms with Crippen LogP contribution in [0.5, 0.6) is 0 Å². The van der Waals surface area contributed by atoms with Gasteiger partial charge in [-0.2, -0.15) is 0 Å². The zero-order chi connectivity index (χ0) is 11.3. The molecule has 5 nitrogen and oxygen atoms in total. The first kappa shape index (κ1) is 12.9. The van der Waals surface area contributed by atoms with Crippen LogP contribution in [-0.4, -0.2) is 23.9 Å². The lowest BCUT2D eigenvalue weighted by molar-refractivity contribution is -0.128. The molecule has 0 radical (unpaired) electrons. The van der Waals surface area contributed by atoms with Crippen LogP contribution in [0.2, 0.25) is 0 Å². The summed E-state index contributed by atoms with van der Waals surface area (Å²) >= 11 is 0. The van der Waals surface area contributed by atoms with Gasteiger partial charge in [-0.15, -0.1) is 0 Å². The average molecular weight is 201 g/mol. The van der Waals surface area contributed by atoms with Crippen molar-refractivity contribution in [3.05, 3.63) is 0 Å². The summed E-state index contributed by atoms with van der Waals surface area (Å²) in [5.41, 5.74) is 10.7. The first-order chi connectivity index (χ1) is 6.40. The summed E-state index contributed by atoms with van der Waals surface area (Å²) in [5.74, 6) is -0.796. The van der Waals surface area contributed by atoms with Crippen molar-refractivity contribution >= 4 is 11.8 Å². The molecule has 14 heavy (non-hydrogen) atoms. The molecular formula is C9H19N3O2. The smallest absolute Gasteiger partial charge is 0.239 e. The molecule has 0 aliphatic rings. The Bertz CT molecular complexity index is 218. The number of carbonyl (C=O) groups excluding carboxylic acids is 2. The van der Waals surface area contributed by atoms with Crippen LogP contribution in [0.3, 0.4) is 0 Å². The van der Waals surface area contributed by atoms with E-state index in [1.165, 1.54) is 6.92 Å². The molecule has 2 amide bonds. The third kappa shape index (κ3) is 3.74. The van der Waals surface area contributed by atoms with E-state index in [1.807, 2.05) is 13.8 Å². The number of nitrogens with one attached hydrogen (secondary N) is 1. The monoisotopic (exact) mass is 201 g/mol. The Balaban J connectivity index is 4.14. The maximum atomic E-state index is 11.4. The van der Waals surface area contributed by atoms with Crippen LogP contribution in [0.25, 0.3) is 0 Å². The highest BCUT2D eigenvalue weighted by molar-refractivity contribution is 5.88. The molecule has 5 heteroatoms. The summed E-state index contributed by atoms with van der Waals surface area (Å²) < 4.78 is 0. The number of amides is 2. The second kappa shape index (κ2) is 5.59. The second-order valence-electron chi connectivity index (χ2n) is 3.54. The van der Waals surface area contributed by atoms with Gasteiger partial charge in [0.2, 0.25) is 11.8 Å². The number of carbonyl (C=O) groups is 2. The van der Waals surface area contributed by atoms with Gasteiger partial charge in [-0.3, -0.25) is 9.59 Å². The predicted octanol–water partition coefficient (Wildman–Crippen LogP) is -0.650. The molecular weight excluding hydrogens is 182 g/mol. The number of hydrogen-bond acceptors (Lipinski definition) is 3. The standard InChI is InChI=1S/C9H19N3O2/c1-4-5(2)7(10)9(14)12-6(3)8(11)13/h5-7H,4,10H2,1-3H3,(H2,11,13)(H,12,14)/t5-,6+,7+/m1/s1. The Hall–Kier alpha value is -1.10. The van der Waals surface area contributed by atoms with Crippen LogP contribution >= 0.6 is 0 Å². The van der Waals surface area contributed by atoms with E-state index in [0.717, 1.165) is 6.42 Å². The predicted molar refractivity (Wildman–Crippen MR) is 54.2 cm³/mol. The molecule has 0 aliphatic carbocycles. The molecule has 0 rings (SSSR count). The summed E-state index contributed by atoms with van der Waals surface area (Å²) in [6.07, 6.45) is 0.819. The van der Waals surface area contributed by atoms with Crippen molar-refractivity contribution < 1.29 is 9.59 Å². The normalized spacial score (nSPS) is 16.9. The molecule has 82 valence electrons. The Morgan fingerprint density at radius 1 is 1.36 bits per heavy atom. The molecule has 0 heterocycles. The van der Waals surface area contributed by atoms with Gasteiger partial charge in [-0.05, 0) is 12.8 Å². The van der Waals surface area contributed by atoms with Gasteiger partial charge in [0.25, 0.3) is 0 Å². The topological polar surface area (TPSA) is 98.2 Å². The molecule has 0 fully saturated rings. The molecule has 0 spiro atoms. The first-order valence-electron chi connectivity index (χ1n) is 4.75. The fraction of sp³-hybridized carbons (Fsp3) is 0.778. The molecule has 0 aromatic carbocycles. The fourth-order valence-corrected chi connectivity index (χ4v) is 0.893. The molecule has 3 atom stereocenters. The molecule has 0 aromatic heterocycles. The van der Waals surface area contributed by atoms with E-state index in [9.17, 15) is 9.59 Å². The highest BCUT2D eigenvalue weighted by Crippen LogP contribution is 2.05. The van der Waals surface area contributed by atoms with Gasteiger partial charge >= 0.3 is 0 Å². The highest BCUT2D eigenvalue weighted by atomic mass is 16.2. The largest absolute Gasteiger partial charge is 0.368 e. The van der Waals surface area contributed by atoms with E-state index in [4.69, 9.17) is 11.5 Å². The Labute approximate surface area is 84.2 Å². The SMILES string of the molecule is CC[C@@H](C)[C@H](N)C(=O)N[C@@H](C)C(N)=O. The molecule has 5 N–H and O–H groups in total. The van der Waals surface area contributed by atoms with E-state index in [0.29, 0.717) is 0 Å².